The SMILES string of the molecule is CC[C@@H](C(=O)Nc1ccc2c(c1)c1ccccc1n2CC)N(c1ccc(Cl)cc1)S(C)(=O)=O. The van der Waals surface area contributed by atoms with E-state index in [0.29, 0.717) is 22.8 Å². The van der Waals surface area contributed by atoms with E-state index < -0.39 is 22.0 Å². The lowest BCUT2D eigenvalue weighted by Gasteiger charge is -2.30. The van der Waals surface area contributed by atoms with Crippen molar-refractivity contribution in [2.75, 3.05) is 15.9 Å². The molecule has 4 aromatic rings. The molecule has 33 heavy (non-hydrogen) atoms. The largest absolute Gasteiger partial charge is 0.341 e. The highest BCUT2D eigenvalue weighted by atomic mass is 35.5. The maximum absolute atomic E-state index is 13.3. The zero-order valence-corrected chi connectivity index (χ0v) is 20.3. The Morgan fingerprint density at radius 2 is 1.67 bits per heavy atom. The van der Waals surface area contributed by atoms with Crippen LogP contribution in [0.4, 0.5) is 11.4 Å². The summed E-state index contributed by atoms with van der Waals surface area (Å²) >= 11 is 5.97. The number of hydrogen-bond acceptors (Lipinski definition) is 3. The molecule has 0 fully saturated rings. The molecule has 0 unspecified atom stereocenters. The third-order valence-corrected chi connectivity index (χ3v) is 7.20. The third kappa shape index (κ3) is 4.43. The number of nitrogens with zero attached hydrogens (tertiary/aromatic N) is 2. The topological polar surface area (TPSA) is 71.4 Å². The van der Waals surface area contributed by atoms with Crippen LogP contribution in [-0.2, 0) is 21.4 Å². The van der Waals surface area contributed by atoms with E-state index in [-0.39, 0.29) is 0 Å². The summed E-state index contributed by atoms with van der Waals surface area (Å²) in [4.78, 5) is 13.3. The number of carbonyl (C=O) groups is 1. The summed E-state index contributed by atoms with van der Waals surface area (Å²) in [5.74, 6) is -0.392. The van der Waals surface area contributed by atoms with E-state index in [2.05, 4.69) is 28.9 Å². The number of fused-ring (bicyclic) bond motifs is 3. The van der Waals surface area contributed by atoms with Crippen molar-refractivity contribution in [2.24, 2.45) is 0 Å². The van der Waals surface area contributed by atoms with Crippen LogP contribution >= 0.6 is 11.6 Å². The van der Waals surface area contributed by atoms with Crippen molar-refractivity contribution in [1.29, 1.82) is 0 Å². The van der Waals surface area contributed by atoms with E-state index in [0.717, 1.165) is 38.9 Å². The number of anilines is 2. The molecule has 0 aliphatic rings. The quantitative estimate of drug-likeness (QED) is 0.369. The van der Waals surface area contributed by atoms with Crippen LogP contribution in [0.1, 0.15) is 20.3 Å². The standard InChI is InChI=1S/C25H26ClN3O3S/c1-4-22(29(33(3,31)32)19-13-10-17(26)11-14-19)25(30)27-18-12-15-24-21(16-18)20-8-6-7-9-23(20)28(24)5-2/h6-16,22H,4-5H2,1-3H3,(H,27,30)/t22-/m0/s1. The minimum atomic E-state index is -3.72. The van der Waals surface area contributed by atoms with Crippen molar-refractivity contribution in [3.8, 4) is 0 Å². The number of carbonyl (C=O) groups excluding carboxylic acids is 1. The van der Waals surface area contributed by atoms with Crippen LogP contribution in [0.25, 0.3) is 21.8 Å². The van der Waals surface area contributed by atoms with Gasteiger partial charge in [0.05, 0.1) is 11.9 Å². The highest BCUT2D eigenvalue weighted by molar-refractivity contribution is 7.92. The average Bonchev–Trinajstić information content (AvgIpc) is 3.10. The second-order valence-corrected chi connectivity index (χ2v) is 10.2. The number of aryl methyl sites for hydroxylation is 1. The van der Waals surface area contributed by atoms with Gasteiger partial charge < -0.3 is 9.88 Å². The molecule has 1 heterocycles. The summed E-state index contributed by atoms with van der Waals surface area (Å²) in [7, 11) is -3.72. The fraction of sp³-hybridized carbons (Fsp3) is 0.240. The van der Waals surface area contributed by atoms with E-state index in [1.54, 1.807) is 31.2 Å². The molecule has 1 aromatic heterocycles. The molecule has 1 amide bonds. The molecule has 0 saturated carbocycles. The summed E-state index contributed by atoms with van der Waals surface area (Å²) in [6.45, 7) is 4.72. The van der Waals surface area contributed by atoms with Gasteiger partial charge in [0.25, 0.3) is 0 Å². The summed E-state index contributed by atoms with van der Waals surface area (Å²) in [5.41, 5.74) is 3.23. The number of halogens is 1. The third-order valence-electron chi connectivity index (χ3n) is 5.77. The number of sulfonamides is 1. The number of benzene rings is 3. The predicted molar refractivity (Wildman–Crippen MR) is 137 cm³/mol. The van der Waals surface area contributed by atoms with Crippen molar-refractivity contribution < 1.29 is 13.2 Å². The molecule has 1 atom stereocenters. The van der Waals surface area contributed by atoms with Crippen molar-refractivity contribution >= 4 is 60.7 Å². The Morgan fingerprint density at radius 3 is 2.30 bits per heavy atom. The first kappa shape index (κ1) is 23.1. The van der Waals surface area contributed by atoms with E-state index in [4.69, 9.17) is 11.6 Å². The molecular weight excluding hydrogens is 458 g/mol. The number of nitrogens with one attached hydrogen (secondary N) is 1. The zero-order valence-electron chi connectivity index (χ0n) is 18.7. The zero-order chi connectivity index (χ0) is 23.8. The van der Waals surface area contributed by atoms with Crippen molar-refractivity contribution in [3.63, 3.8) is 0 Å². The number of hydrogen-bond donors (Lipinski definition) is 1. The Hall–Kier alpha value is -3.03. The van der Waals surface area contributed by atoms with Crippen LogP contribution in [-0.4, -0.2) is 31.2 Å². The normalized spacial score (nSPS) is 12.7. The van der Waals surface area contributed by atoms with Gasteiger partial charge in [0.1, 0.15) is 6.04 Å². The van der Waals surface area contributed by atoms with E-state index in [9.17, 15) is 13.2 Å². The summed E-state index contributed by atoms with van der Waals surface area (Å²) in [6.07, 6.45) is 1.40. The molecule has 3 aromatic carbocycles. The molecule has 0 bridgehead atoms. The van der Waals surface area contributed by atoms with E-state index in [1.807, 2.05) is 30.3 Å². The van der Waals surface area contributed by atoms with E-state index in [1.165, 1.54) is 0 Å². The van der Waals surface area contributed by atoms with Crippen molar-refractivity contribution in [1.82, 2.24) is 4.57 Å². The molecule has 0 saturated heterocycles. The maximum Gasteiger partial charge on any atom is 0.248 e. The smallest absolute Gasteiger partial charge is 0.248 e. The van der Waals surface area contributed by atoms with Crippen molar-refractivity contribution in [2.45, 2.75) is 32.9 Å². The number of rotatable bonds is 7. The maximum atomic E-state index is 13.3. The highest BCUT2D eigenvalue weighted by Gasteiger charge is 2.31. The number of para-hydroxylation sites is 1. The Morgan fingerprint density at radius 1 is 1.00 bits per heavy atom. The monoisotopic (exact) mass is 483 g/mol. The molecule has 6 nitrogen and oxygen atoms in total. The lowest BCUT2D eigenvalue weighted by atomic mass is 10.1. The molecule has 4 rings (SSSR count). The summed E-state index contributed by atoms with van der Waals surface area (Å²) < 4.78 is 28.7. The number of amides is 1. The average molecular weight is 484 g/mol. The molecule has 0 aliphatic heterocycles. The van der Waals surface area contributed by atoms with Crippen LogP contribution in [0.2, 0.25) is 5.02 Å². The first-order chi connectivity index (χ1) is 15.7. The van der Waals surface area contributed by atoms with Crippen molar-refractivity contribution in [3.05, 3.63) is 71.8 Å². The molecule has 1 N–H and O–H groups in total. The Balaban J connectivity index is 1.71. The van der Waals surface area contributed by atoms with Gasteiger partial charge in [-0.05, 0) is 61.9 Å². The Kier molecular flexibility index (Phi) is 6.36. The van der Waals surface area contributed by atoms with Crippen LogP contribution in [0.15, 0.2) is 66.7 Å². The van der Waals surface area contributed by atoms with Crippen LogP contribution < -0.4 is 9.62 Å². The van der Waals surface area contributed by atoms with Gasteiger partial charge >= 0.3 is 0 Å². The predicted octanol–water partition coefficient (Wildman–Crippen LogP) is 5.65. The lowest BCUT2D eigenvalue weighted by molar-refractivity contribution is -0.117. The number of aromatic nitrogens is 1. The highest BCUT2D eigenvalue weighted by Crippen LogP contribution is 2.31. The Bertz CT molecular complexity index is 1430. The van der Waals surface area contributed by atoms with Crippen LogP contribution in [0.5, 0.6) is 0 Å². The fourth-order valence-electron chi connectivity index (χ4n) is 4.35. The first-order valence-electron chi connectivity index (χ1n) is 10.8. The molecule has 172 valence electrons. The minimum absolute atomic E-state index is 0.304. The second kappa shape index (κ2) is 9.08. The molecule has 0 radical (unpaired) electrons. The molecule has 0 spiro atoms. The minimum Gasteiger partial charge on any atom is -0.341 e. The van der Waals surface area contributed by atoms with Gasteiger partial charge in [0.15, 0.2) is 0 Å². The summed E-state index contributed by atoms with van der Waals surface area (Å²) in [5, 5.41) is 5.57. The van der Waals surface area contributed by atoms with Gasteiger partial charge in [-0.15, -0.1) is 0 Å². The van der Waals surface area contributed by atoms with Gasteiger partial charge in [-0.3, -0.25) is 9.10 Å². The first-order valence-corrected chi connectivity index (χ1v) is 13.0. The Labute approximate surface area is 198 Å². The van der Waals surface area contributed by atoms with Crippen LogP contribution in [0.3, 0.4) is 0 Å². The van der Waals surface area contributed by atoms with Gasteiger partial charge in [-0.2, -0.15) is 0 Å². The van der Waals surface area contributed by atoms with Gasteiger partial charge in [0.2, 0.25) is 15.9 Å². The second-order valence-electron chi connectivity index (χ2n) is 7.94. The molecule has 0 aliphatic carbocycles. The lowest BCUT2D eigenvalue weighted by Crippen LogP contribution is -2.46. The molecule has 8 heteroatoms. The molecular formula is C25H26ClN3O3S. The fourth-order valence-corrected chi connectivity index (χ4v) is 5.68. The van der Waals surface area contributed by atoms with E-state index >= 15 is 0 Å². The van der Waals surface area contributed by atoms with Gasteiger partial charge in [-0.25, -0.2) is 8.42 Å². The summed E-state index contributed by atoms with van der Waals surface area (Å²) in [6, 6.07) is 19.5. The van der Waals surface area contributed by atoms with Gasteiger partial charge in [0, 0.05) is 39.1 Å². The van der Waals surface area contributed by atoms with Crippen LogP contribution in [0, 0.1) is 0 Å². The van der Waals surface area contributed by atoms with Gasteiger partial charge in [-0.1, -0.05) is 36.7 Å².